The number of nitrogens with two attached hydrogens (primary N) is 1. The molecule has 4 N–H and O–H groups in total. The number of aryl methyl sites for hydroxylation is 1. The second-order valence-electron chi connectivity index (χ2n) is 10.5. The number of carbonyl (C=O) groups is 3. The van der Waals surface area contributed by atoms with Crippen LogP contribution in [0.1, 0.15) is 45.7 Å². The molecule has 242 valence electrons. The van der Waals surface area contributed by atoms with E-state index >= 15 is 0 Å². The second-order valence-corrected chi connectivity index (χ2v) is 12.4. The third-order valence-corrected chi connectivity index (χ3v) is 7.87. The Kier molecular flexibility index (Phi) is 10.2. The quantitative estimate of drug-likeness (QED) is 0.0642. The summed E-state index contributed by atoms with van der Waals surface area (Å²) in [6, 6.07) is 3.31. The van der Waals surface area contributed by atoms with Gasteiger partial charge < -0.3 is 20.4 Å². The number of ether oxygens (including phenoxy) is 1. The van der Waals surface area contributed by atoms with Crippen molar-refractivity contribution in [2.75, 3.05) is 12.3 Å². The maximum Gasteiger partial charge on any atom is 0.418 e. The highest BCUT2D eigenvalue weighted by Gasteiger charge is 2.57. The Morgan fingerprint density at radius 1 is 1.31 bits per heavy atom. The van der Waals surface area contributed by atoms with Crippen LogP contribution in [0, 0.1) is 5.92 Å². The van der Waals surface area contributed by atoms with Crippen LogP contribution in [0.15, 0.2) is 47.6 Å². The van der Waals surface area contributed by atoms with Crippen molar-refractivity contribution >= 4 is 50.2 Å². The van der Waals surface area contributed by atoms with Crippen molar-refractivity contribution < 1.29 is 50.9 Å². The summed E-state index contributed by atoms with van der Waals surface area (Å²) in [6.07, 6.45) is 7.10. The van der Waals surface area contributed by atoms with E-state index in [2.05, 4.69) is 26.3 Å². The van der Waals surface area contributed by atoms with E-state index in [-0.39, 0.29) is 16.6 Å². The zero-order valence-corrected chi connectivity index (χ0v) is 26.1. The minimum Gasteiger partial charge on any atom is -0.487 e. The van der Waals surface area contributed by atoms with Crippen molar-refractivity contribution in [1.29, 1.82) is 0 Å². The smallest absolute Gasteiger partial charge is 0.418 e. The average molecular weight is 667 g/mol. The Balaban J connectivity index is 1.44. The van der Waals surface area contributed by atoms with Gasteiger partial charge in [-0.1, -0.05) is 18.5 Å². The topological polar surface area (TPSA) is 230 Å². The molecular weight excluding hydrogens is 634 g/mol. The largest absolute Gasteiger partial charge is 0.487 e. The number of unbranched alkanes of at least 4 members (excludes halogenated alkanes) is 1. The number of aliphatic carboxylic acids is 1. The number of oxime groups is 1. The fourth-order valence-corrected chi connectivity index (χ4v) is 5.34. The Morgan fingerprint density at radius 2 is 2.07 bits per heavy atom. The molecule has 4 rings (SSSR count). The number of amides is 1. The third kappa shape index (κ3) is 8.18. The normalized spacial score (nSPS) is 17.1. The number of Topliss-reactive ketones (excluding diaryl/α,β-unsaturated/α-hetero) is 1. The monoisotopic (exact) mass is 666 g/mol. The lowest BCUT2D eigenvalue weighted by molar-refractivity contribution is -0.696. The number of ketones is 1. The zero-order valence-electron chi connectivity index (χ0n) is 24.5. The number of pyridine rings is 1. The number of carboxylic acid groups (broad SMARTS) is 1. The fraction of sp³-hybridized carbons (Fsp3) is 0.423. The number of imidazole rings is 1. The number of carboxylic acids is 1. The van der Waals surface area contributed by atoms with E-state index in [1.165, 1.54) is 25.4 Å². The van der Waals surface area contributed by atoms with E-state index < -0.39 is 64.4 Å². The molecule has 4 heterocycles. The highest BCUT2D eigenvalue weighted by atomic mass is 32.3. The molecule has 3 aromatic rings. The van der Waals surface area contributed by atoms with Gasteiger partial charge in [0.2, 0.25) is 12.1 Å². The lowest BCUT2D eigenvalue weighted by Gasteiger charge is -2.50. The number of anilines is 1. The molecule has 0 radical (unpaired) electrons. The van der Waals surface area contributed by atoms with Gasteiger partial charge >= 0.3 is 16.4 Å². The third-order valence-electron chi connectivity index (χ3n) is 6.86. The summed E-state index contributed by atoms with van der Waals surface area (Å²) in [5.74, 6) is -3.29. The first-order valence-corrected chi connectivity index (χ1v) is 15.8. The number of aromatic nitrogens is 4. The van der Waals surface area contributed by atoms with Crippen LogP contribution in [0.25, 0.3) is 5.82 Å². The summed E-state index contributed by atoms with van der Waals surface area (Å²) >= 11 is 0.985. The molecule has 0 aliphatic carbocycles. The molecule has 0 spiro atoms. The number of thiazole rings is 1. The number of hydrogen-bond donors (Lipinski definition) is 3. The molecule has 3 aromatic heterocycles. The van der Waals surface area contributed by atoms with E-state index in [0.717, 1.165) is 30.7 Å². The predicted octanol–water partition coefficient (Wildman–Crippen LogP) is 1.18. The van der Waals surface area contributed by atoms with Crippen LogP contribution in [-0.2, 0) is 40.4 Å². The van der Waals surface area contributed by atoms with Crippen molar-refractivity contribution in [3.8, 4) is 11.6 Å². The molecule has 0 bridgehead atoms. The number of rotatable bonds is 16. The molecular formula is C26H32N7O10S2+. The van der Waals surface area contributed by atoms with Crippen LogP contribution in [-0.4, -0.2) is 79.3 Å². The number of hydrogen-bond acceptors (Lipinski definition) is 13. The maximum absolute atomic E-state index is 13.3. The number of β-lactam (4-membered cyclic amide) rings is 1. The lowest BCUT2D eigenvalue weighted by atomic mass is 9.74. The summed E-state index contributed by atoms with van der Waals surface area (Å²) in [5.41, 5.74) is 3.95. The molecule has 1 fully saturated rings. The molecule has 0 saturated carbocycles. The molecule has 0 aromatic carbocycles. The van der Waals surface area contributed by atoms with Crippen LogP contribution in [0.4, 0.5) is 5.13 Å². The van der Waals surface area contributed by atoms with Gasteiger partial charge in [0.1, 0.15) is 30.4 Å². The van der Waals surface area contributed by atoms with Gasteiger partial charge in [0.15, 0.2) is 16.6 Å². The molecule has 1 aliphatic heterocycles. The number of nitrogens with zero attached hydrogens (tertiary/aromatic N) is 6. The van der Waals surface area contributed by atoms with E-state index in [0.29, 0.717) is 10.9 Å². The van der Waals surface area contributed by atoms with Crippen molar-refractivity contribution in [1.82, 2.24) is 19.6 Å². The van der Waals surface area contributed by atoms with Gasteiger partial charge in [-0.25, -0.2) is 19.3 Å². The van der Waals surface area contributed by atoms with Crippen LogP contribution in [0.3, 0.4) is 0 Å². The van der Waals surface area contributed by atoms with Crippen LogP contribution in [0.2, 0.25) is 0 Å². The number of hydroxylamine groups is 2. The Labute approximate surface area is 261 Å². The van der Waals surface area contributed by atoms with Crippen LogP contribution >= 0.6 is 11.3 Å². The van der Waals surface area contributed by atoms with E-state index in [4.69, 9.17) is 19.9 Å². The molecule has 2 atom stereocenters. The van der Waals surface area contributed by atoms with Gasteiger partial charge in [0.25, 0.3) is 12.0 Å². The van der Waals surface area contributed by atoms with Crippen molar-refractivity contribution in [2.45, 2.75) is 58.2 Å². The lowest BCUT2D eigenvalue weighted by Crippen LogP contribution is -2.68. The van der Waals surface area contributed by atoms with Gasteiger partial charge in [0.05, 0.1) is 24.2 Å². The molecule has 1 amide bonds. The van der Waals surface area contributed by atoms with Crippen molar-refractivity contribution in [2.24, 2.45) is 11.1 Å². The number of carbonyl (C=O) groups excluding carboxylic acids is 2. The Morgan fingerprint density at radius 3 is 2.64 bits per heavy atom. The SMILES string of the molecule is CCCC[n+]1ccn(-c2ccc(OC[C@H](O/N=C(\C(=O)C[C@@H]3C(=O)N(OS(=O)(=O)O)C3(C)C)c3csc(N)n3)C(=O)O)cn2)c1. The highest BCUT2D eigenvalue weighted by Crippen LogP contribution is 2.40. The fourth-order valence-electron chi connectivity index (χ4n) is 4.33. The first kappa shape index (κ1) is 33.4. The molecule has 1 aliphatic rings. The molecule has 1 saturated heterocycles. The van der Waals surface area contributed by atoms with E-state index in [9.17, 15) is 27.9 Å². The van der Waals surface area contributed by atoms with Crippen LogP contribution < -0.4 is 15.0 Å². The van der Waals surface area contributed by atoms with Gasteiger partial charge in [-0.2, -0.15) is 18.0 Å². The first-order valence-electron chi connectivity index (χ1n) is 13.6. The number of nitrogen functional groups attached to an aromatic ring is 1. The molecule has 45 heavy (non-hydrogen) atoms. The highest BCUT2D eigenvalue weighted by molar-refractivity contribution is 7.80. The summed E-state index contributed by atoms with van der Waals surface area (Å²) in [7, 11) is -4.99. The van der Waals surface area contributed by atoms with Gasteiger partial charge in [-0.05, 0) is 26.3 Å². The Hall–Kier alpha value is -4.46. The molecule has 17 nitrogen and oxygen atoms in total. The van der Waals surface area contributed by atoms with Gasteiger partial charge in [-0.3, -0.25) is 14.1 Å². The first-order chi connectivity index (χ1) is 21.2. The van der Waals surface area contributed by atoms with Crippen molar-refractivity contribution in [3.63, 3.8) is 0 Å². The van der Waals surface area contributed by atoms with Crippen molar-refractivity contribution in [3.05, 3.63) is 48.1 Å². The maximum atomic E-state index is 13.3. The predicted molar refractivity (Wildman–Crippen MR) is 156 cm³/mol. The standard InChI is InChI=1S/C26H31N7O10S2/c1-4-5-8-31-9-10-32(15-31)21-7-6-16(12-28-21)41-13-20(24(36)37)42-30-22(18-14-44-25(27)29-18)19(34)11-17-23(35)33(26(17,2)3)43-45(38,39)40/h6-7,9-10,12,14-15,17,20H,4-5,8,11,13H2,1-3H3,(H3-,27,29,36,37,38,39,40)/p+1/b30-22-/t17-,20+/m1/s1. The summed E-state index contributed by atoms with van der Waals surface area (Å²) in [6.45, 7) is 5.34. The van der Waals surface area contributed by atoms with Crippen LogP contribution in [0.5, 0.6) is 5.75 Å². The van der Waals surface area contributed by atoms with Gasteiger partial charge in [0, 0.05) is 17.9 Å². The second kappa shape index (κ2) is 13.7. The van der Waals surface area contributed by atoms with E-state index in [1.54, 1.807) is 12.1 Å². The minimum atomic E-state index is -4.99. The molecule has 19 heteroatoms. The minimum absolute atomic E-state index is 0.0241. The average Bonchev–Trinajstić information content (AvgIpc) is 3.64. The summed E-state index contributed by atoms with van der Waals surface area (Å²) in [5, 5.41) is 15.4. The zero-order chi connectivity index (χ0) is 32.9. The molecule has 0 unspecified atom stereocenters. The van der Waals surface area contributed by atoms with E-state index in [1.807, 2.05) is 27.9 Å². The van der Waals surface area contributed by atoms with Gasteiger partial charge in [-0.15, -0.1) is 15.6 Å². The summed E-state index contributed by atoms with van der Waals surface area (Å²) in [4.78, 5) is 51.3. The Bertz CT molecular complexity index is 1690. The summed E-state index contributed by atoms with van der Waals surface area (Å²) < 4.78 is 44.9.